The summed E-state index contributed by atoms with van der Waals surface area (Å²) in [6.45, 7) is 4.06. The highest BCUT2D eigenvalue weighted by Gasteiger charge is 2.27. The molecule has 1 heterocycles. The number of primary amides is 1. The molecule has 1 aliphatic rings. The number of hydrogen-bond donors (Lipinski definition) is 2. The number of aliphatic carboxylic acids is 1. The number of hydrogen-bond acceptors (Lipinski definition) is 4. The van der Waals surface area contributed by atoms with Crippen LogP contribution < -0.4 is 5.73 Å². The van der Waals surface area contributed by atoms with Crippen LogP contribution in [0.1, 0.15) is 26.2 Å². The van der Waals surface area contributed by atoms with Crippen molar-refractivity contribution >= 4 is 17.8 Å². The molecule has 7 heteroatoms. The summed E-state index contributed by atoms with van der Waals surface area (Å²) in [6, 6.07) is 0. The number of likely N-dealkylation sites (N-methyl/N-ethyl adjacent to an activating group) is 1. The predicted octanol–water partition coefficient (Wildman–Crippen LogP) is -0.493. The van der Waals surface area contributed by atoms with Crippen molar-refractivity contribution in [2.75, 3.05) is 32.7 Å². The van der Waals surface area contributed by atoms with Gasteiger partial charge in [-0.15, -0.1) is 0 Å². The van der Waals surface area contributed by atoms with Crippen molar-refractivity contribution in [1.82, 2.24) is 9.80 Å². The van der Waals surface area contributed by atoms with Gasteiger partial charge in [0.25, 0.3) is 0 Å². The monoisotopic (exact) mass is 285 g/mol. The molecule has 1 fully saturated rings. The van der Waals surface area contributed by atoms with E-state index in [2.05, 4.69) is 0 Å². The molecule has 3 N–H and O–H groups in total. The largest absolute Gasteiger partial charge is 0.481 e. The van der Waals surface area contributed by atoms with E-state index in [4.69, 9.17) is 10.8 Å². The Morgan fingerprint density at radius 2 is 2.10 bits per heavy atom. The Bertz CT molecular complexity index is 373. The van der Waals surface area contributed by atoms with Gasteiger partial charge in [-0.3, -0.25) is 19.3 Å². The van der Waals surface area contributed by atoms with Crippen LogP contribution in [0.15, 0.2) is 0 Å². The summed E-state index contributed by atoms with van der Waals surface area (Å²) in [7, 11) is 0. The van der Waals surface area contributed by atoms with Crippen molar-refractivity contribution in [2.45, 2.75) is 26.2 Å². The molecule has 0 saturated carbocycles. The van der Waals surface area contributed by atoms with Gasteiger partial charge in [-0.25, -0.2) is 0 Å². The zero-order valence-corrected chi connectivity index (χ0v) is 11.9. The molecule has 0 aromatic rings. The fraction of sp³-hybridized carbons (Fsp3) is 0.769. The van der Waals surface area contributed by atoms with Gasteiger partial charge in [0.05, 0.1) is 18.9 Å². The van der Waals surface area contributed by atoms with Crippen molar-refractivity contribution in [1.29, 1.82) is 0 Å². The van der Waals surface area contributed by atoms with Crippen LogP contribution in [0.3, 0.4) is 0 Å². The van der Waals surface area contributed by atoms with Crippen molar-refractivity contribution in [3.05, 3.63) is 0 Å². The molecule has 1 rings (SSSR count). The molecule has 1 unspecified atom stereocenters. The zero-order chi connectivity index (χ0) is 15.1. The number of piperidine rings is 1. The molecule has 0 aromatic carbocycles. The first-order valence-corrected chi connectivity index (χ1v) is 6.95. The van der Waals surface area contributed by atoms with Crippen molar-refractivity contribution in [2.24, 2.45) is 11.7 Å². The van der Waals surface area contributed by atoms with E-state index in [1.54, 1.807) is 9.80 Å². The van der Waals surface area contributed by atoms with Crippen LogP contribution in [0.25, 0.3) is 0 Å². The van der Waals surface area contributed by atoms with Gasteiger partial charge in [0.1, 0.15) is 0 Å². The number of nitrogens with zero attached hydrogens (tertiary/aromatic N) is 2. The van der Waals surface area contributed by atoms with Gasteiger partial charge in [0, 0.05) is 19.6 Å². The molecule has 0 spiro atoms. The second-order valence-corrected chi connectivity index (χ2v) is 5.09. The maximum Gasteiger partial charge on any atom is 0.304 e. The van der Waals surface area contributed by atoms with Gasteiger partial charge in [-0.05, 0) is 19.4 Å². The normalized spacial score (nSPS) is 19.1. The van der Waals surface area contributed by atoms with Crippen LogP contribution in [-0.4, -0.2) is 65.4 Å². The number of rotatable bonds is 7. The Hall–Kier alpha value is -1.63. The highest BCUT2D eigenvalue weighted by molar-refractivity contribution is 5.81. The molecule has 0 bridgehead atoms. The summed E-state index contributed by atoms with van der Waals surface area (Å²) in [6.07, 6.45) is 1.53. The smallest absolute Gasteiger partial charge is 0.304 e. The topological polar surface area (TPSA) is 104 Å². The summed E-state index contributed by atoms with van der Waals surface area (Å²) in [5, 5.41) is 8.66. The minimum atomic E-state index is -0.873. The van der Waals surface area contributed by atoms with Crippen molar-refractivity contribution < 1.29 is 19.5 Å². The maximum atomic E-state index is 12.2. The Labute approximate surface area is 118 Å². The summed E-state index contributed by atoms with van der Waals surface area (Å²) < 4.78 is 0. The fourth-order valence-electron chi connectivity index (χ4n) is 2.33. The van der Waals surface area contributed by atoms with E-state index in [9.17, 15) is 14.4 Å². The minimum Gasteiger partial charge on any atom is -0.481 e. The van der Waals surface area contributed by atoms with E-state index < -0.39 is 5.97 Å². The number of carbonyl (C=O) groups excluding carboxylic acids is 2. The molecular formula is C13H23N3O4. The van der Waals surface area contributed by atoms with Crippen LogP contribution in [0.4, 0.5) is 0 Å². The first-order valence-electron chi connectivity index (χ1n) is 6.95. The number of carbonyl (C=O) groups is 3. The highest BCUT2D eigenvalue weighted by atomic mass is 16.4. The average molecular weight is 285 g/mol. The minimum absolute atomic E-state index is 0.0189. The molecule has 1 saturated heterocycles. The standard InChI is InChI=1S/C13H23N3O4/c1-2-15(7-5-12(18)19)9-11(17)16-6-3-4-10(8-16)13(14)20/h10H,2-9H2,1H3,(H2,14,20)(H,18,19). The molecule has 2 amide bonds. The van der Waals surface area contributed by atoms with Crippen LogP contribution in [0.5, 0.6) is 0 Å². The van der Waals surface area contributed by atoms with Gasteiger partial charge < -0.3 is 15.7 Å². The van der Waals surface area contributed by atoms with Crippen molar-refractivity contribution in [3.8, 4) is 0 Å². The number of carboxylic acid groups (broad SMARTS) is 1. The Morgan fingerprint density at radius 1 is 1.40 bits per heavy atom. The molecule has 0 radical (unpaired) electrons. The van der Waals surface area contributed by atoms with E-state index in [-0.39, 0.29) is 30.7 Å². The van der Waals surface area contributed by atoms with Gasteiger partial charge in [-0.2, -0.15) is 0 Å². The first-order chi connectivity index (χ1) is 9.43. The number of nitrogens with two attached hydrogens (primary N) is 1. The van der Waals surface area contributed by atoms with E-state index >= 15 is 0 Å². The Balaban J connectivity index is 2.47. The molecule has 0 aromatic heterocycles. The van der Waals surface area contributed by atoms with Crippen molar-refractivity contribution in [3.63, 3.8) is 0 Å². The molecular weight excluding hydrogens is 262 g/mol. The van der Waals surface area contributed by atoms with Gasteiger partial charge in [0.2, 0.25) is 11.8 Å². The third-order valence-corrected chi connectivity index (χ3v) is 3.62. The lowest BCUT2D eigenvalue weighted by atomic mass is 9.97. The predicted molar refractivity (Wildman–Crippen MR) is 72.9 cm³/mol. The zero-order valence-electron chi connectivity index (χ0n) is 11.9. The third-order valence-electron chi connectivity index (χ3n) is 3.62. The quantitative estimate of drug-likeness (QED) is 0.656. The molecule has 114 valence electrons. The third kappa shape index (κ3) is 5.16. The lowest BCUT2D eigenvalue weighted by Crippen LogP contribution is -2.47. The summed E-state index contributed by atoms with van der Waals surface area (Å²) in [4.78, 5) is 37.4. The lowest BCUT2D eigenvalue weighted by molar-refractivity contribution is -0.139. The SMILES string of the molecule is CCN(CCC(=O)O)CC(=O)N1CCCC(C(N)=O)C1. The van der Waals surface area contributed by atoms with Crippen LogP contribution in [0, 0.1) is 5.92 Å². The fourth-order valence-corrected chi connectivity index (χ4v) is 2.33. The molecule has 20 heavy (non-hydrogen) atoms. The molecule has 1 aliphatic heterocycles. The number of amides is 2. The van der Waals surface area contributed by atoms with E-state index in [1.165, 1.54) is 0 Å². The van der Waals surface area contributed by atoms with E-state index in [0.717, 1.165) is 12.8 Å². The second kappa shape index (κ2) is 7.84. The molecule has 1 atom stereocenters. The first kappa shape index (κ1) is 16.4. The van der Waals surface area contributed by atoms with Crippen LogP contribution in [-0.2, 0) is 14.4 Å². The highest BCUT2D eigenvalue weighted by Crippen LogP contribution is 2.16. The maximum absolute atomic E-state index is 12.2. The lowest BCUT2D eigenvalue weighted by Gasteiger charge is -2.32. The summed E-state index contributed by atoms with van der Waals surface area (Å²) >= 11 is 0. The van der Waals surface area contributed by atoms with E-state index in [0.29, 0.717) is 26.2 Å². The number of likely N-dealkylation sites (tertiary alicyclic amines) is 1. The van der Waals surface area contributed by atoms with E-state index in [1.807, 2.05) is 6.92 Å². The Morgan fingerprint density at radius 3 is 2.65 bits per heavy atom. The average Bonchev–Trinajstić information content (AvgIpc) is 2.43. The van der Waals surface area contributed by atoms with Gasteiger partial charge >= 0.3 is 5.97 Å². The Kier molecular flexibility index (Phi) is 6.44. The van der Waals surface area contributed by atoms with Gasteiger partial charge in [0.15, 0.2) is 0 Å². The van der Waals surface area contributed by atoms with Crippen LogP contribution >= 0.6 is 0 Å². The summed E-state index contributed by atoms with van der Waals surface area (Å²) in [5.74, 6) is -1.56. The summed E-state index contributed by atoms with van der Waals surface area (Å²) in [5.41, 5.74) is 5.29. The van der Waals surface area contributed by atoms with Crippen LogP contribution in [0.2, 0.25) is 0 Å². The number of carboxylic acids is 1. The molecule has 0 aliphatic carbocycles. The second-order valence-electron chi connectivity index (χ2n) is 5.09. The van der Waals surface area contributed by atoms with Gasteiger partial charge in [-0.1, -0.05) is 6.92 Å². The molecule has 7 nitrogen and oxygen atoms in total.